The fraction of sp³-hybridized carbons (Fsp3) is 0.259. The van der Waals surface area contributed by atoms with Gasteiger partial charge in [0.05, 0.1) is 23.7 Å². The van der Waals surface area contributed by atoms with Gasteiger partial charge in [-0.15, -0.1) is 0 Å². The molecule has 0 spiro atoms. The monoisotopic (exact) mass is 518 g/mol. The Morgan fingerprint density at radius 2 is 1.87 bits per heavy atom. The summed E-state index contributed by atoms with van der Waals surface area (Å²) >= 11 is 0. The number of aromatic nitrogens is 2. The van der Waals surface area contributed by atoms with E-state index in [1.807, 2.05) is 32.0 Å². The van der Waals surface area contributed by atoms with E-state index in [0.29, 0.717) is 35.4 Å². The molecule has 198 valence electrons. The summed E-state index contributed by atoms with van der Waals surface area (Å²) in [6, 6.07) is 11.2. The van der Waals surface area contributed by atoms with Gasteiger partial charge in [-0.3, -0.25) is 19.8 Å². The number of pyridine rings is 1. The summed E-state index contributed by atoms with van der Waals surface area (Å²) in [6.07, 6.45) is 4.77. The van der Waals surface area contributed by atoms with E-state index in [1.54, 1.807) is 41.2 Å². The number of nitrogens with two attached hydrogens (primary N) is 1. The molecule has 0 fully saturated rings. The molecule has 4 rings (SSSR count). The molecule has 4 amide bonds. The first-order chi connectivity index (χ1) is 18.4. The van der Waals surface area contributed by atoms with Crippen LogP contribution in [0.3, 0.4) is 0 Å². The maximum Gasteiger partial charge on any atom is 0.333 e. The first-order valence-electron chi connectivity index (χ1n) is 12.3. The molecule has 2 aromatic heterocycles. The number of carbonyl (C=O) groups is 3. The Bertz CT molecular complexity index is 1500. The number of rotatable bonds is 8. The second-order valence-electron chi connectivity index (χ2n) is 8.55. The molecule has 0 saturated heterocycles. The van der Waals surface area contributed by atoms with Crippen LogP contribution in [0.2, 0.25) is 0 Å². The van der Waals surface area contributed by atoms with Crippen molar-refractivity contribution < 1.29 is 23.9 Å². The highest BCUT2D eigenvalue weighted by Gasteiger charge is 2.20. The quantitative estimate of drug-likeness (QED) is 0.295. The van der Waals surface area contributed by atoms with Crippen molar-refractivity contribution in [1.29, 1.82) is 0 Å². The average Bonchev–Trinajstić information content (AvgIpc) is 3.34. The zero-order chi connectivity index (χ0) is 27.2. The Labute approximate surface area is 219 Å². The van der Waals surface area contributed by atoms with Crippen molar-refractivity contribution in [2.75, 3.05) is 20.2 Å². The van der Waals surface area contributed by atoms with E-state index >= 15 is 0 Å². The fourth-order valence-electron chi connectivity index (χ4n) is 4.02. The lowest BCUT2D eigenvalue weighted by Crippen LogP contribution is -2.49. The third-order valence-corrected chi connectivity index (χ3v) is 5.85. The predicted octanol–water partition coefficient (Wildman–Crippen LogP) is 4.39. The molecular formula is C27H30N6O5. The van der Waals surface area contributed by atoms with Gasteiger partial charge in [-0.2, -0.15) is 0 Å². The lowest BCUT2D eigenvalue weighted by atomic mass is 10.1. The van der Waals surface area contributed by atoms with Crippen LogP contribution in [0.1, 0.15) is 37.0 Å². The Morgan fingerprint density at radius 3 is 2.58 bits per heavy atom. The number of hydrogen-bond donors (Lipinski definition) is 3. The molecule has 4 N–H and O–H groups in total. The van der Waals surface area contributed by atoms with Gasteiger partial charge in [0.1, 0.15) is 17.2 Å². The van der Waals surface area contributed by atoms with Crippen molar-refractivity contribution in [3.8, 4) is 17.2 Å². The molecule has 0 bridgehead atoms. The largest absolute Gasteiger partial charge is 0.496 e. The molecule has 0 aliphatic rings. The van der Waals surface area contributed by atoms with Crippen LogP contribution in [0, 0.1) is 0 Å². The summed E-state index contributed by atoms with van der Waals surface area (Å²) in [5.74, 6) is 0.729. The molecule has 11 nitrogen and oxygen atoms in total. The van der Waals surface area contributed by atoms with Gasteiger partial charge in [-0.1, -0.05) is 13.8 Å². The van der Waals surface area contributed by atoms with E-state index in [4.69, 9.17) is 15.2 Å². The number of methoxy groups -OCH3 is 1. The van der Waals surface area contributed by atoms with Gasteiger partial charge in [0.2, 0.25) is 0 Å². The molecule has 0 aliphatic heterocycles. The Kier molecular flexibility index (Phi) is 7.95. The van der Waals surface area contributed by atoms with Crippen LogP contribution in [-0.4, -0.2) is 52.7 Å². The van der Waals surface area contributed by atoms with Crippen LogP contribution in [0.25, 0.3) is 21.8 Å². The van der Waals surface area contributed by atoms with Crippen LogP contribution in [0.5, 0.6) is 17.2 Å². The third kappa shape index (κ3) is 5.46. The molecule has 4 aromatic rings. The third-order valence-electron chi connectivity index (χ3n) is 5.85. The maximum atomic E-state index is 13.1. The number of nitrogens with zero attached hydrogens (tertiary/aromatic N) is 3. The number of benzene rings is 2. The first-order valence-corrected chi connectivity index (χ1v) is 12.3. The number of nitrogens with one attached hydrogen (secondary N) is 2. The summed E-state index contributed by atoms with van der Waals surface area (Å²) in [6.45, 7) is 4.71. The van der Waals surface area contributed by atoms with E-state index in [2.05, 4.69) is 15.7 Å². The van der Waals surface area contributed by atoms with Crippen LogP contribution in [0.15, 0.2) is 54.9 Å². The fourth-order valence-corrected chi connectivity index (χ4v) is 4.02. The minimum atomic E-state index is -0.766. The maximum absolute atomic E-state index is 13.1. The molecule has 2 heterocycles. The average molecular weight is 519 g/mol. The van der Waals surface area contributed by atoms with E-state index in [9.17, 15) is 14.4 Å². The van der Waals surface area contributed by atoms with Crippen molar-refractivity contribution >= 4 is 39.8 Å². The second kappa shape index (κ2) is 11.5. The van der Waals surface area contributed by atoms with Crippen molar-refractivity contribution in [2.45, 2.75) is 26.7 Å². The van der Waals surface area contributed by atoms with E-state index in [-0.39, 0.29) is 23.9 Å². The topological polar surface area (TPSA) is 141 Å². The van der Waals surface area contributed by atoms with E-state index in [1.165, 1.54) is 7.11 Å². The highest BCUT2D eigenvalue weighted by molar-refractivity contribution is 6.02. The Balaban J connectivity index is 1.66. The molecule has 0 aliphatic carbocycles. The number of amides is 4. The van der Waals surface area contributed by atoms with Gasteiger partial charge in [-0.05, 0) is 49.2 Å². The van der Waals surface area contributed by atoms with Crippen LogP contribution >= 0.6 is 0 Å². The summed E-state index contributed by atoms with van der Waals surface area (Å²) in [5, 5.41) is 5.31. The van der Waals surface area contributed by atoms with Gasteiger partial charge in [-0.25, -0.2) is 14.6 Å². The molecular weight excluding hydrogens is 488 g/mol. The summed E-state index contributed by atoms with van der Waals surface area (Å²) < 4.78 is 13.2. The first kappa shape index (κ1) is 26.3. The molecule has 2 aromatic carbocycles. The molecule has 0 radical (unpaired) electrons. The lowest BCUT2D eigenvalue weighted by Gasteiger charge is -2.21. The number of carbonyl (C=O) groups excluding carboxylic acids is 3. The van der Waals surface area contributed by atoms with Crippen LogP contribution in [-0.2, 0) is 0 Å². The van der Waals surface area contributed by atoms with Crippen LogP contribution in [0.4, 0.5) is 9.59 Å². The smallest absolute Gasteiger partial charge is 0.333 e. The molecule has 38 heavy (non-hydrogen) atoms. The normalized spacial score (nSPS) is 10.8. The summed E-state index contributed by atoms with van der Waals surface area (Å²) in [7, 11) is 1.44. The number of hydrogen-bond acceptors (Lipinski definition) is 6. The van der Waals surface area contributed by atoms with Crippen LogP contribution < -0.4 is 25.9 Å². The zero-order valence-electron chi connectivity index (χ0n) is 21.5. The van der Waals surface area contributed by atoms with Gasteiger partial charge >= 0.3 is 12.1 Å². The molecule has 0 atom stereocenters. The van der Waals surface area contributed by atoms with Gasteiger partial charge < -0.3 is 20.5 Å². The molecule has 11 heteroatoms. The second-order valence-corrected chi connectivity index (χ2v) is 8.55. The Morgan fingerprint density at radius 1 is 1.05 bits per heavy atom. The van der Waals surface area contributed by atoms with Gasteiger partial charge in [0, 0.05) is 42.3 Å². The number of primary amides is 1. The van der Waals surface area contributed by atoms with Gasteiger partial charge in [0.25, 0.3) is 5.91 Å². The van der Waals surface area contributed by atoms with Crippen molar-refractivity contribution in [3.05, 3.63) is 60.4 Å². The highest BCUT2D eigenvalue weighted by atomic mass is 16.5. The summed E-state index contributed by atoms with van der Waals surface area (Å²) in [4.78, 5) is 41.6. The highest BCUT2D eigenvalue weighted by Crippen LogP contribution is 2.34. The molecule has 0 saturated carbocycles. The lowest BCUT2D eigenvalue weighted by molar-refractivity contribution is 0.0830. The van der Waals surface area contributed by atoms with Crippen molar-refractivity contribution in [2.24, 2.45) is 5.73 Å². The minimum Gasteiger partial charge on any atom is -0.496 e. The molecule has 0 unspecified atom stereocenters. The number of hydrazine groups is 1. The standard InChI is InChI=1S/C27H30N6O5/c1-4-10-30-27(36)32-13-9-17-14-18(6-7-22(17)32)38-23-8-11-29-21-16-24(37-3)20(15-19(21)23)25(34)31-33(12-5-2)26(28)35/h6-9,11,13-16H,4-5,10,12H2,1-3H3,(H2,28,35)(H,30,36)(H,31,34). The number of urea groups is 1. The van der Waals surface area contributed by atoms with E-state index < -0.39 is 11.9 Å². The van der Waals surface area contributed by atoms with Gasteiger partial charge in [0.15, 0.2) is 0 Å². The number of fused-ring (bicyclic) bond motifs is 2. The predicted molar refractivity (Wildman–Crippen MR) is 143 cm³/mol. The van der Waals surface area contributed by atoms with E-state index in [0.717, 1.165) is 22.3 Å². The van der Waals surface area contributed by atoms with Crippen molar-refractivity contribution in [1.82, 2.24) is 25.3 Å². The zero-order valence-corrected chi connectivity index (χ0v) is 21.5. The number of ether oxygens (including phenoxy) is 2. The van der Waals surface area contributed by atoms with Crippen molar-refractivity contribution in [3.63, 3.8) is 0 Å². The summed E-state index contributed by atoms with van der Waals surface area (Å²) in [5.41, 5.74) is 9.40. The SMILES string of the molecule is CCCNC(=O)n1ccc2cc(Oc3ccnc4cc(OC)c(C(=O)NN(CCC)C(N)=O)cc34)ccc21. The Hall–Kier alpha value is -4.80. The minimum absolute atomic E-state index is 0.186.